The molecule has 0 aliphatic heterocycles. The van der Waals surface area contributed by atoms with Crippen LogP contribution in [0.5, 0.6) is 0 Å². The SMILES string of the molecule is C=CC[n+]1ccn(CCl)c1. The minimum atomic E-state index is 0.504. The number of hydrogen-bond donors (Lipinski definition) is 0. The molecule has 3 heteroatoms. The monoisotopic (exact) mass is 157 g/mol. The number of alkyl halides is 1. The molecule has 2 nitrogen and oxygen atoms in total. The van der Waals surface area contributed by atoms with Gasteiger partial charge in [-0.15, -0.1) is 0 Å². The van der Waals surface area contributed by atoms with E-state index in [9.17, 15) is 0 Å². The summed E-state index contributed by atoms with van der Waals surface area (Å²) in [5.41, 5.74) is 0. The van der Waals surface area contributed by atoms with Crippen molar-refractivity contribution in [3.05, 3.63) is 31.4 Å². The molecule has 0 fully saturated rings. The predicted molar refractivity (Wildman–Crippen MR) is 40.7 cm³/mol. The average Bonchev–Trinajstić information content (AvgIpc) is 2.37. The van der Waals surface area contributed by atoms with E-state index in [1.807, 2.05) is 33.9 Å². The molecule has 0 aliphatic carbocycles. The van der Waals surface area contributed by atoms with Crippen LogP contribution in [0, 0.1) is 0 Å². The summed E-state index contributed by atoms with van der Waals surface area (Å²) < 4.78 is 3.90. The lowest BCUT2D eigenvalue weighted by molar-refractivity contribution is -0.686. The lowest BCUT2D eigenvalue weighted by atomic mass is 10.6. The van der Waals surface area contributed by atoms with Gasteiger partial charge in [0.2, 0.25) is 6.33 Å². The molecule has 0 unspecified atom stereocenters. The van der Waals surface area contributed by atoms with E-state index in [0.29, 0.717) is 6.00 Å². The Labute approximate surface area is 65.4 Å². The van der Waals surface area contributed by atoms with Crippen molar-refractivity contribution in [2.75, 3.05) is 0 Å². The molecule has 1 aromatic heterocycles. The molecule has 54 valence electrons. The second kappa shape index (κ2) is 3.42. The molecule has 0 spiro atoms. The zero-order chi connectivity index (χ0) is 7.40. The predicted octanol–water partition coefficient (Wildman–Crippen LogP) is 1.16. The van der Waals surface area contributed by atoms with Gasteiger partial charge in [0.15, 0.2) is 6.00 Å². The summed E-state index contributed by atoms with van der Waals surface area (Å²) in [4.78, 5) is 0. The number of imidazole rings is 1. The van der Waals surface area contributed by atoms with Crippen LogP contribution in [-0.2, 0) is 12.5 Å². The maximum Gasteiger partial charge on any atom is 0.245 e. The van der Waals surface area contributed by atoms with Crippen molar-refractivity contribution in [2.24, 2.45) is 0 Å². The standard InChI is InChI=1S/C7H10ClN2/c1-2-3-9-4-5-10(6-8)7-9/h2,4-5,7H,1,3,6H2/q+1. The zero-order valence-corrected chi connectivity index (χ0v) is 6.46. The summed E-state index contributed by atoms with van der Waals surface area (Å²) in [5.74, 6) is 0. The second-order valence-electron chi connectivity index (χ2n) is 2.03. The quantitative estimate of drug-likeness (QED) is 0.354. The molecule has 0 bridgehead atoms. The fraction of sp³-hybridized carbons (Fsp3) is 0.286. The van der Waals surface area contributed by atoms with Gasteiger partial charge in [0.25, 0.3) is 0 Å². The summed E-state index contributed by atoms with van der Waals surface area (Å²) >= 11 is 5.56. The van der Waals surface area contributed by atoms with Gasteiger partial charge in [-0.05, 0) is 0 Å². The molecular formula is C7H10ClN2+. The molecule has 0 N–H and O–H groups in total. The minimum Gasteiger partial charge on any atom is -0.233 e. The molecule has 0 saturated heterocycles. The van der Waals surface area contributed by atoms with Crippen molar-refractivity contribution < 1.29 is 4.57 Å². The molecule has 0 amide bonds. The van der Waals surface area contributed by atoms with Gasteiger partial charge in [0.05, 0.1) is 0 Å². The Balaban J connectivity index is 2.67. The third-order valence-electron chi connectivity index (χ3n) is 1.22. The Morgan fingerprint density at radius 2 is 2.50 bits per heavy atom. The highest BCUT2D eigenvalue weighted by Gasteiger charge is 1.97. The summed E-state index contributed by atoms with van der Waals surface area (Å²) in [5, 5.41) is 0. The molecule has 1 heterocycles. The Bertz CT molecular complexity index is 217. The van der Waals surface area contributed by atoms with Crippen LogP contribution in [0.3, 0.4) is 0 Å². The first-order valence-corrected chi connectivity index (χ1v) is 3.62. The lowest BCUT2D eigenvalue weighted by Crippen LogP contribution is -2.29. The van der Waals surface area contributed by atoms with Crippen LogP contribution in [0.25, 0.3) is 0 Å². The van der Waals surface area contributed by atoms with Crippen LogP contribution in [0.1, 0.15) is 0 Å². The third-order valence-corrected chi connectivity index (χ3v) is 1.50. The fourth-order valence-electron chi connectivity index (χ4n) is 0.767. The normalized spacial score (nSPS) is 9.70. The van der Waals surface area contributed by atoms with Crippen LogP contribution in [-0.4, -0.2) is 4.57 Å². The number of rotatable bonds is 3. The number of hydrogen-bond acceptors (Lipinski definition) is 0. The van der Waals surface area contributed by atoms with Gasteiger partial charge in [-0.1, -0.05) is 24.3 Å². The second-order valence-corrected chi connectivity index (χ2v) is 2.27. The number of aromatic nitrogens is 2. The van der Waals surface area contributed by atoms with Crippen LogP contribution < -0.4 is 4.57 Å². The molecule has 1 rings (SSSR count). The van der Waals surface area contributed by atoms with Gasteiger partial charge in [-0.25, -0.2) is 9.13 Å². The average molecular weight is 158 g/mol. The van der Waals surface area contributed by atoms with Crippen LogP contribution in [0.4, 0.5) is 0 Å². The Kier molecular flexibility index (Phi) is 2.51. The van der Waals surface area contributed by atoms with Crippen molar-refractivity contribution in [3.8, 4) is 0 Å². The van der Waals surface area contributed by atoms with E-state index in [4.69, 9.17) is 11.6 Å². The van der Waals surface area contributed by atoms with E-state index < -0.39 is 0 Å². The number of allylic oxidation sites excluding steroid dienone is 1. The van der Waals surface area contributed by atoms with Crippen molar-refractivity contribution >= 4 is 11.6 Å². The van der Waals surface area contributed by atoms with E-state index in [-0.39, 0.29) is 0 Å². The number of halogens is 1. The maximum atomic E-state index is 5.56. The largest absolute Gasteiger partial charge is 0.245 e. The molecule has 0 aliphatic rings. The van der Waals surface area contributed by atoms with Gasteiger partial charge in [0.1, 0.15) is 18.9 Å². The van der Waals surface area contributed by atoms with E-state index >= 15 is 0 Å². The molecule has 0 radical (unpaired) electrons. The lowest BCUT2D eigenvalue weighted by Gasteiger charge is -1.84. The van der Waals surface area contributed by atoms with Gasteiger partial charge < -0.3 is 0 Å². The first-order valence-electron chi connectivity index (χ1n) is 3.08. The topological polar surface area (TPSA) is 8.81 Å². The fourth-order valence-corrected chi connectivity index (χ4v) is 0.908. The van der Waals surface area contributed by atoms with Crippen LogP contribution >= 0.6 is 11.6 Å². The summed E-state index contributed by atoms with van der Waals surface area (Å²) in [7, 11) is 0. The Morgan fingerprint density at radius 1 is 1.70 bits per heavy atom. The van der Waals surface area contributed by atoms with E-state index in [0.717, 1.165) is 6.54 Å². The van der Waals surface area contributed by atoms with E-state index in [1.54, 1.807) is 0 Å². The van der Waals surface area contributed by atoms with Gasteiger partial charge >= 0.3 is 0 Å². The first-order chi connectivity index (χ1) is 4.86. The minimum absolute atomic E-state index is 0.504. The summed E-state index contributed by atoms with van der Waals surface area (Å²) in [6.07, 6.45) is 7.67. The smallest absolute Gasteiger partial charge is 0.233 e. The third kappa shape index (κ3) is 1.61. The van der Waals surface area contributed by atoms with E-state index in [1.165, 1.54) is 0 Å². The van der Waals surface area contributed by atoms with Crippen molar-refractivity contribution in [1.82, 2.24) is 4.57 Å². The van der Waals surface area contributed by atoms with Crippen molar-refractivity contribution in [2.45, 2.75) is 12.5 Å². The van der Waals surface area contributed by atoms with Crippen molar-refractivity contribution in [1.29, 1.82) is 0 Å². The molecule has 10 heavy (non-hydrogen) atoms. The molecule has 1 aromatic rings. The maximum absolute atomic E-state index is 5.56. The summed E-state index contributed by atoms with van der Waals surface area (Å²) in [6, 6.07) is 0.504. The van der Waals surface area contributed by atoms with Crippen LogP contribution in [0.2, 0.25) is 0 Å². The molecular weight excluding hydrogens is 148 g/mol. The molecule has 0 atom stereocenters. The molecule has 0 aromatic carbocycles. The van der Waals surface area contributed by atoms with Gasteiger partial charge in [0, 0.05) is 0 Å². The zero-order valence-electron chi connectivity index (χ0n) is 5.70. The van der Waals surface area contributed by atoms with Gasteiger partial charge in [-0.3, -0.25) is 0 Å². The number of nitrogens with zero attached hydrogens (tertiary/aromatic N) is 2. The van der Waals surface area contributed by atoms with Crippen LogP contribution in [0.15, 0.2) is 31.4 Å². The van der Waals surface area contributed by atoms with Crippen molar-refractivity contribution in [3.63, 3.8) is 0 Å². The highest BCUT2D eigenvalue weighted by atomic mass is 35.5. The highest BCUT2D eigenvalue weighted by molar-refractivity contribution is 6.15. The Morgan fingerprint density at radius 3 is 3.00 bits per heavy atom. The van der Waals surface area contributed by atoms with E-state index in [2.05, 4.69) is 6.58 Å². The van der Waals surface area contributed by atoms with Gasteiger partial charge in [-0.2, -0.15) is 0 Å². The molecule has 0 saturated carbocycles. The Hall–Kier alpha value is -0.760. The highest BCUT2D eigenvalue weighted by Crippen LogP contribution is 1.86. The summed E-state index contributed by atoms with van der Waals surface area (Å²) in [6.45, 7) is 4.47. The first kappa shape index (κ1) is 7.35.